The molecule has 1 fully saturated rings. The normalized spacial score (nSPS) is 19.2. The van der Waals surface area contributed by atoms with E-state index < -0.39 is 5.54 Å². The van der Waals surface area contributed by atoms with E-state index in [9.17, 15) is 9.90 Å². The van der Waals surface area contributed by atoms with Crippen LogP contribution < -0.4 is 15.5 Å². The minimum Gasteiger partial charge on any atom is -0.508 e. The van der Waals surface area contributed by atoms with Crippen molar-refractivity contribution < 1.29 is 9.90 Å². The summed E-state index contributed by atoms with van der Waals surface area (Å²) < 4.78 is 0. The molecule has 1 amide bonds. The molecular weight excluding hydrogens is 266 g/mol. The van der Waals surface area contributed by atoms with Gasteiger partial charge in [-0.1, -0.05) is 13.0 Å². The average molecular weight is 291 g/mol. The molecule has 1 aromatic rings. The van der Waals surface area contributed by atoms with Crippen molar-refractivity contribution >= 4 is 11.6 Å². The highest BCUT2D eigenvalue weighted by molar-refractivity contribution is 5.90. The molecule has 1 saturated heterocycles. The highest BCUT2D eigenvalue weighted by atomic mass is 16.3. The van der Waals surface area contributed by atoms with E-state index in [0.29, 0.717) is 6.54 Å². The Hall–Kier alpha value is -1.75. The van der Waals surface area contributed by atoms with Crippen molar-refractivity contribution in [3.05, 3.63) is 23.8 Å². The topological polar surface area (TPSA) is 64.6 Å². The second-order valence-electron chi connectivity index (χ2n) is 5.99. The first-order chi connectivity index (χ1) is 9.87. The number of phenols is 1. The molecule has 2 rings (SSSR count). The summed E-state index contributed by atoms with van der Waals surface area (Å²) in [6.45, 7) is 10.1. The van der Waals surface area contributed by atoms with Crippen molar-refractivity contribution in [3.8, 4) is 5.75 Å². The van der Waals surface area contributed by atoms with Gasteiger partial charge in [0.1, 0.15) is 11.3 Å². The molecule has 1 heterocycles. The van der Waals surface area contributed by atoms with Gasteiger partial charge in [-0.2, -0.15) is 0 Å². The molecule has 1 unspecified atom stereocenters. The molecule has 0 aliphatic carbocycles. The summed E-state index contributed by atoms with van der Waals surface area (Å²) in [6, 6.07) is 5.76. The van der Waals surface area contributed by atoms with Crippen molar-refractivity contribution in [1.29, 1.82) is 0 Å². The van der Waals surface area contributed by atoms with Crippen molar-refractivity contribution in [2.24, 2.45) is 0 Å². The molecular formula is C16H25N3O2. The summed E-state index contributed by atoms with van der Waals surface area (Å²) in [5.41, 5.74) is 1.14. The Balaban J connectivity index is 2.29. The summed E-state index contributed by atoms with van der Waals surface area (Å²) in [5, 5.41) is 16.5. The third-order valence-corrected chi connectivity index (χ3v) is 4.15. The molecule has 5 heteroatoms. The quantitative estimate of drug-likeness (QED) is 0.791. The molecule has 0 bridgehead atoms. The van der Waals surface area contributed by atoms with Crippen LogP contribution in [0, 0.1) is 0 Å². The minimum absolute atomic E-state index is 0.0123. The zero-order valence-corrected chi connectivity index (χ0v) is 13.2. The minimum atomic E-state index is -0.612. The maximum absolute atomic E-state index is 12.0. The Bertz CT molecular complexity index is 528. The Morgan fingerprint density at radius 3 is 2.81 bits per heavy atom. The Kier molecular flexibility index (Phi) is 4.42. The summed E-state index contributed by atoms with van der Waals surface area (Å²) in [4.78, 5) is 14.1. The van der Waals surface area contributed by atoms with Crippen LogP contribution in [-0.4, -0.2) is 36.2 Å². The second kappa shape index (κ2) is 5.93. The summed E-state index contributed by atoms with van der Waals surface area (Å²) in [7, 11) is 0. The van der Waals surface area contributed by atoms with Crippen molar-refractivity contribution in [3.63, 3.8) is 0 Å². The number of hydrogen-bond acceptors (Lipinski definition) is 4. The van der Waals surface area contributed by atoms with E-state index in [4.69, 9.17) is 0 Å². The van der Waals surface area contributed by atoms with Crippen LogP contribution in [0.1, 0.15) is 39.3 Å². The van der Waals surface area contributed by atoms with E-state index in [0.717, 1.165) is 24.3 Å². The Morgan fingerprint density at radius 2 is 2.19 bits per heavy atom. The predicted molar refractivity (Wildman–Crippen MR) is 84.6 cm³/mol. The lowest BCUT2D eigenvalue weighted by molar-refractivity contribution is -0.126. The van der Waals surface area contributed by atoms with Gasteiger partial charge in [0.25, 0.3) is 0 Å². The van der Waals surface area contributed by atoms with Gasteiger partial charge in [-0.05, 0) is 33.4 Å². The highest BCUT2D eigenvalue weighted by Gasteiger charge is 2.37. The van der Waals surface area contributed by atoms with Crippen LogP contribution in [-0.2, 0) is 4.79 Å². The first-order valence-corrected chi connectivity index (χ1v) is 7.50. The molecule has 0 radical (unpaired) electrons. The smallest absolute Gasteiger partial charge is 0.245 e. The van der Waals surface area contributed by atoms with Gasteiger partial charge in [0.05, 0.1) is 0 Å². The van der Waals surface area contributed by atoms with E-state index in [1.54, 1.807) is 6.07 Å². The molecule has 1 aliphatic rings. The van der Waals surface area contributed by atoms with E-state index >= 15 is 0 Å². The van der Waals surface area contributed by atoms with Crippen LogP contribution in [0.5, 0.6) is 5.75 Å². The molecule has 1 aromatic carbocycles. The second-order valence-corrected chi connectivity index (χ2v) is 5.99. The van der Waals surface area contributed by atoms with Crippen LogP contribution >= 0.6 is 0 Å². The average Bonchev–Trinajstić information content (AvgIpc) is 2.42. The van der Waals surface area contributed by atoms with Gasteiger partial charge in [0.2, 0.25) is 5.91 Å². The van der Waals surface area contributed by atoms with Gasteiger partial charge in [-0.3, -0.25) is 4.79 Å². The molecule has 21 heavy (non-hydrogen) atoms. The van der Waals surface area contributed by atoms with Crippen molar-refractivity contribution in [2.75, 3.05) is 24.5 Å². The summed E-state index contributed by atoms with van der Waals surface area (Å²) in [6.07, 6.45) is 0. The Labute approximate surface area is 126 Å². The number of piperazine rings is 1. The van der Waals surface area contributed by atoms with Crippen LogP contribution in [0.2, 0.25) is 0 Å². The van der Waals surface area contributed by atoms with Crippen LogP contribution in [0.4, 0.5) is 5.69 Å². The summed E-state index contributed by atoms with van der Waals surface area (Å²) >= 11 is 0. The number of phenolic OH excluding ortho intramolecular Hbond substituents is 1. The van der Waals surface area contributed by atoms with Gasteiger partial charge in [0, 0.05) is 36.4 Å². The zero-order valence-electron chi connectivity index (χ0n) is 13.2. The predicted octanol–water partition coefficient (Wildman–Crippen LogP) is 1.78. The third kappa shape index (κ3) is 2.97. The number of nitrogens with zero attached hydrogens (tertiary/aromatic N) is 1. The van der Waals surface area contributed by atoms with Crippen molar-refractivity contribution in [1.82, 2.24) is 10.6 Å². The standard InChI is InChI=1S/C16H25N3O2/c1-5-17-11(2)13-7-6-12(10-14(13)20)19-9-8-18-15(21)16(19,3)4/h6-7,10-11,17,20H,5,8-9H2,1-4H3,(H,18,21). The molecule has 1 aliphatic heterocycles. The van der Waals surface area contributed by atoms with E-state index in [2.05, 4.69) is 10.6 Å². The number of anilines is 1. The molecule has 0 spiro atoms. The molecule has 1 atom stereocenters. The zero-order chi connectivity index (χ0) is 15.6. The number of carbonyl (C=O) groups is 1. The van der Waals surface area contributed by atoms with E-state index in [1.165, 1.54) is 0 Å². The molecule has 0 aromatic heterocycles. The van der Waals surface area contributed by atoms with Crippen molar-refractivity contribution in [2.45, 2.75) is 39.3 Å². The SMILES string of the molecule is CCNC(C)c1ccc(N2CCNC(=O)C2(C)C)cc1O. The molecule has 116 valence electrons. The largest absolute Gasteiger partial charge is 0.508 e. The number of carbonyl (C=O) groups excluding carboxylic acids is 1. The molecule has 3 N–H and O–H groups in total. The first kappa shape index (κ1) is 15.6. The number of benzene rings is 1. The lowest BCUT2D eigenvalue weighted by Gasteiger charge is -2.43. The van der Waals surface area contributed by atoms with Gasteiger partial charge >= 0.3 is 0 Å². The van der Waals surface area contributed by atoms with Gasteiger partial charge in [0.15, 0.2) is 0 Å². The maximum Gasteiger partial charge on any atom is 0.245 e. The maximum atomic E-state index is 12.0. The summed E-state index contributed by atoms with van der Waals surface area (Å²) in [5.74, 6) is 0.279. The first-order valence-electron chi connectivity index (χ1n) is 7.50. The van der Waals surface area contributed by atoms with Crippen LogP contribution in [0.25, 0.3) is 0 Å². The fourth-order valence-corrected chi connectivity index (χ4v) is 2.83. The van der Waals surface area contributed by atoms with Crippen LogP contribution in [0.15, 0.2) is 18.2 Å². The van der Waals surface area contributed by atoms with Gasteiger partial charge in [-0.15, -0.1) is 0 Å². The van der Waals surface area contributed by atoms with E-state index in [-0.39, 0.29) is 17.7 Å². The van der Waals surface area contributed by atoms with E-state index in [1.807, 2.05) is 44.7 Å². The number of rotatable bonds is 4. The number of aromatic hydroxyl groups is 1. The van der Waals surface area contributed by atoms with Crippen LogP contribution in [0.3, 0.4) is 0 Å². The fourth-order valence-electron chi connectivity index (χ4n) is 2.83. The number of amides is 1. The monoisotopic (exact) mass is 291 g/mol. The number of nitrogens with one attached hydrogen (secondary N) is 2. The Morgan fingerprint density at radius 1 is 1.48 bits per heavy atom. The lowest BCUT2D eigenvalue weighted by atomic mass is 9.97. The lowest BCUT2D eigenvalue weighted by Crippen LogP contribution is -2.62. The fraction of sp³-hybridized carbons (Fsp3) is 0.562. The van der Waals surface area contributed by atoms with Gasteiger partial charge < -0.3 is 20.6 Å². The molecule has 5 nitrogen and oxygen atoms in total. The highest BCUT2D eigenvalue weighted by Crippen LogP contribution is 2.32. The van der Waals surface area contributed by atoms with Gasteiger partial charge in [-0.25, -0.2) is 0 Å². The molecule has 0 saturated carbocycles. The third-order valence-electron chi connectivity index (χ3n) is 4.15. The number of hydrogen-bond donors (Lipinski definition) is 3.